The molecule has 8 heteroatoms. The van der Waals surface area contributed by atoms with E-state index in [9.17, 15) is 14.4 Å². The Morgan fingerprint density at radius 1 is 0.919 bits per heavy atom. The summed E-state index contributed by atoms with van der Waals surface area (Å²) in [5, 5.41) is 0. The predicted octanol–water partition coefficient (Wildman–Crippen LogP) is 5.13. The van der Waals surface area contributed by atoms with Crippen LogP contribution in [0.3, 0.4) is 0 Å². The summed E-state index contributed by atoms with van der Waals surface area (Å²) in [5.74, 6) is 0.551. The number of hydrogen-bond donors (Lipinski definition) is 0. The molecule has 1 aliphatic heterocycles. The van der Waals surface area contributed by atoms with Crippen LogP contribution in [0.2, 0.25) is 0 Å². The summed E-state index contributed by atoms with van der Waals surface area (Å²) in [7, 11) is 1.59. The van der Waals surface area contributed by atoms with Gasteiger partial charge in [0.05, 0.1) is 13.2 Å². The Morgan fingerprint density at radius 2 is 1.57 bits per heavy atom. The number of esters is 1. The van der Waals surface area contributed by atoms with Crippen molar-refractivity contribution in [1.29, 1.82) is 0 Å². The number of carbonyl (C=O) groups excluding carboxylic acids is 3. The molecule has 2 atom stereocenters. The van der Waals surface area contributed by atoms with Gasteiger partial charge in [0.25, 0.3) is 5.91 Å². The van der Waals surface area contributed by atoms with Crippen molar-refractivity contribution in [2.45, 2.75) is 39.3 Å². The van der Waals surface area contributed by atoms with Crippen molar-refractivity contribution in [3.63, 3.8) is 0 Å². The van der Waals surface area contributed by atoms with E-state index in [1.807, 2.05) is 31.2 Å². The smallest absolute Gasteiger partial charge is 0.305 e. The second-order valence-electron chi connectivity index (χ2n) is 8.84. The minimum absolute atomic E-state index is 0.107. The molecule has 4 rings (SSSR count). The van der Waals surface area contributed by atoms with Crippen LogP contribution in [0, 0.1) is 0 Å². The summed E-state index contributed by atoms with van der Waals surface area (Å²) < 4.78 is 15.5. The molecular weight excluding hydrogens is 472 g/mol. The largest absolute Gasteiger partial charge is 0.497 e. The van der Waals surface area contributed by atoms with Crippen LogP contribution >= 0.6 is 0 Å². The van der Waals surface area contributed by atoms with Gasteiger partial charge < -0.3 is 24.0 Å². The van der Waals surface area contributed by atoms with E-state index in [0.717, 1.165) is 11.3 Å². The van der Waals surface area contributed by atoms with Crippen molar-refractivity contribution in [2.75, 3.05) is 23.7 Å². The molecule has 8 nitrogen and oxygen atoms in total. The first-order valence-corrected chi connectivity index (χ1v) is 12.0. The highest BCUT2D eigenvalue weighted by atomic mass is 16.7. The van der Waals surface area contributed by atoms with Gasteiger partial charge in [-0.25, -0.2) is 0 Å². The molecule has 2 amide bonds. The molecule has 0 bridgehead atoms. The van der Waals surface area contributed by atoms with Gasteiger partial charge >= 0.3 is 5.97 Å². The van der Waals surface area contributed by atoms with Crippen LogP contribution in [-0.2, 0) is 14.3 Å². The van der Waals surface area contributed by atoms with Gasteiger partial charge in [-0.2, -0.15) is 0 Å². The molecule has 3 aromatic rings. The molecule has 0 spiro atoms. The van der Waals surface area contributed by atoms with E-state index in [1.165, 1.54) is 13.8 Å². The highest BCUT2D eigenvalue weighted by Crippen LogP contribution is 2.43. The number of anilines is 2. The molecule has 0 radical (unpaired) electrons. The summed E-state index contributed by atoms with van der Waals surface area (Å²) in [5.41, 5.74) is 2.94. The van der Waals surface area contributed by atoms with Gasteiger partial charge in [0.1, 0.15) is 11.5 Å². The lowest BCUT2D eigenvalue weighted by Crippen LogP contribution is -2.47. The number of methoxy groups -OCH3 is 1. The van der Waals surface area contributed by atoms with E-state index in [-0.39, 0.29) is 30.7 Å². The number of benzene rings is 3. The molecule has 0 N–H and O–H groups in total. The minimum Gasteiger partial charge on any atom is -0.497 e. The normalized spacial score (nSPS) is 16.4. The van der Waals surface area contributed by atoms with Crippen LogP contribution in [0.5, 0.6) is 11.5 Å². The maximum absolute atomic E-state index is 13.6. The Morgan fingerprint density at radius 3 is 2.19 bits per heavy atom. The lowest BCUT2D eigenvalue weighted by Gasteiger charge is -2.43. The minimum atomic E-state index is -0.427. The van der Waals surface area contributed by atoms with Crippen LogP contribution in [0.25, 0.3) is 0 Å². The zero-order valence-electron chi connectivity index (χ0n) is 21.3. The molecule has 0 saturated heterocycles. The first-order chi connectivity index (χ1) is 17.8. The topological polar surface area (TPSA) is 85.4 Å². The Labute approximate surface area is 216 Å². The molecule has 192 valence electrons. The number of fused-ring (bicyclic) bond motifs is 1. The van der Waals surface area contributed by atoms with Crippen molar-refractivity contribution in [3.05, 3.63) is 83.9 Å². The van der Waals surface area contributed by atoms with Crippen molar-refractivity contribution >= 4 is 29.2 Å². The Kier molecular flexibility index (Phi) is 7.77. The first kappa shape index (κ1) is 25.8. The van der Waals surface area contributed by atoms with Crippen molar-refractivity contribution < 1.29 is 28.6 Å². The zero-order chi connectivity index (χ0) is 26.5. The number of amides is 2. The Hall–Kier alpha value is -4.33. The van der Waals surface area contributed by atoms with E-state index < -0.39 is 5.97 Å². The van der Waals surface area contributed by atoms with E-state index >= 15 is 0 Å². The number of para-hydroxylation sites is 1. The van der Waals surface area contributed by atoms with E-state index in [2.05, 4.69) is 0 Å². The molecule has 0 unspecified atom stereocenters. The zero-order valence-corrected chi connectivity index (χ0v) is 21.3. The molecule has 1 heterocycles. The highest BCUT2D eigenvalue weighted by molar-refractivity contribution is 6.07. The molecule has 37 heavy (non-hydrogen) atoms. The van der Waals surface area contributed by atoms with Crippen LogP contribution in [0.4, 0.5) is 11.4 Å². The second-order valence-corrected chi connectivity index (χ2v) is 8.84. The predicted molar refractivity (Wildman–Crippen MR) is 140 cm³/mol. The SMILES string of the molecule is COc1ccc(C(=O)N2c3ccccc3[C@H](N(C(C)=O)c3ccc(OCOC(C)=O)cc3)C[C@@H]2C)cc1. The van der Waals surface area contributed by atoms with E-state index in [1.54, 1.807) is 65.4 Å². The standard InChI is InChI=1S/C29H30N2O6/c1-19-17-28(31(20(2)32)23-11-15-25(16-12-23)37-18-36-21(3)33)26-7-5-6-8-27(26)30(19)29(34)22-9-13-24(35-4)14-10-22/h5-16,19,28H,17-18H2,1-4H3/t19-,28+/m0/s1. The molecular formula is C29H30N2O6. The third kappa shape index (κ3) is 5.58. The monoisotopic (exact) mass is 502 g/mol. The highest BCUT2D eigenvalue weighted by Gasteiger charge is 2.38. The lowest BCUT2D eigenvalue weighted by atomic mass is 9.89. The fraction of sp³-hybridized carbons (Fsp3) is 0.276. The van der Waals surface area contributed by atoms with Crippen LogP contribution in [-0.4, -0.2) is 37.7 Å². The lowest BCUT2D eigenvalue weighted by molar-refractivity contribution is -0.147. The quantitative estimate of drug-likeness (QED) is 0.329. The van der Waals surface area contributed by atoms with Gasteiger partial charge in [-0.1, -0.05) is 18.2 Å². The summed E-state index contributed by atoms with van der Waals surface area (Å²) in [4.78, 5) is 41.0. The number of nitrogens with zero attached hydrogens (tertiary/aromatic N) is 2. The van der Waals surface area contributed by atoms with Gasteiger partial charge in [0, 0.05) is 36.8 Å². The summed E-state index contributed by atoms with van der Waals surface area (Å²) in [6.45, 7) is 4.66. The molecule has 0 fully saturated rings. The third-order valence-corrected chi connectivity index (χ3v) is 6.37. The fourth-order valence-electron chi connectivity index (χ4n) is 4.67. The van der Waals surface area contributed by atoms with Crippen LogP contribution in [0.15, 0.2) is 72.8 Å². The molecule has 0 aliphatic carbocycles. The Balaban J connectivity index is 1.64. The Bertz CT molecular complexity index is 1270. The van der Waals surface area contributed by atoms with Crippen molar-refractivity contribution in [1.82, 2.24) is 0 Å². The van der Waals surface area contributed by atoms with Crippen molar-refractivity contribution in [3.8, 4) is 11.5 Å². The summed E-state index contributed by atoms with van der Waals surface area (Å²) in [6, 6.07) is 21.4. The maximum Gasteiger partial charge on any atom is 0.305 e. The molecule has 0 aromatic heterocycles. The summed E-state index contributed by atoms with van der Waals surface area (Å²) in [6.07, 6.45) is 0.559. The van der Waals surface area contributed by atoms with E-state index in [4.69, 9.17) is 14.2 Å². The first-order valence-electron chi connectivity index (χ1n) is 12.0. The average molecular weight is 503 g/mol. The van der Waals surface area contributed by atoms with E-state index in [0.29, 0.717) is 29.2 Å². The number of ether oxygens (including phenoxy) is 3. The summed E-state index contributed by atoms with van der Waals surface area (Å²) >= 11 is 0. The van der Waals surface area contributed by atoms with Crippen molar-refractivity contribution in [2.24, 2.45) is 0 Å². The number of hydrogen-bond acceptors (Lipinski definition) is 6. The second kappa shape index (κ2) is 11.2. The average Bonchev–Trinajstić information content (AvgIpc) is 2.89. The molecule has 3 aromatic carbocycles. The van der Waals surface area contributed by atoms with Gasteiger partial charge in [-0.3, -0.25) is 14.4 Å². The van der Waals surface area contributed by atoms with Gasteiger partial charge in [0.15, 0.2) is 0 Å². The third-order valence-electron chi connectivity index (χ3n) is 6.37. The van der Waals surface area contributed by atoms with Gasteiger partial charge in [0.2, 0.25) is 12.7 Å². The van der Waals surface area contributed by atoms with Crippen LogP contribution < -0.4 is 19.3 Å². The van der Waals surface area contributed by atoms with Crippen LogP contribution in [0.1, 0.15) is 49.2 Å². The van der Waals surface area contributed by atoms with Gasteiger partial charge in [-0.05, 0) is 73.5 Å². The van der Waals surface area contributed by atoms with Gasteiger partial charge in [-0.15, -0.1) is 0 Å². The molecule has 0 saturated carbocycles. The fourth-order valence-corrected chi connectivity index (χ4v) is 4.67. The number of rotatable bonds is 7. The maximum atomic E-state index is 13.6. The molecule has 1 aliphatic rings. The number of carbonyl (C=O) groups is 3.